The van der Waals surface area contributed by atoms with E-state index in [0.29, 0.717) is 18.5 Å². The summed E-state index contributed by atoms with van der Waals surface area (Å²) < 4.78 is 2.34. The number of aliphatic hydroxyl groups excluding tert-OH is 1. The molecule has 0 unspecified atom stereocenters. The molecule has 2 aliphatic rings. The minimum Gasteiger partial charge on any atom is -0.393 e. The maximum atomic E-state index is 10.1. The molecule has 0 radical (unpaired) electrons. The molecule has 38 heavy (non-hydrogen) atoms. The molecule has 0 amide bonds. The van der Waals surface area contributed by atoms with Crippen LogP contribution in [-0.4, -0.2) is 56.8 Å². The summed E-state index contributed by atoms with van der Waals surface area (Å²) in [5, 5.41) is 18.0. The summed E-state index contributed by atoms with van der Waals surface area (Å²) in [6.07, 6.45) is 7.65. The summed E-state index contributed by atoms with van der Waals surface area (Å²) in [6.45, 7) is 8.11. The van der Waals surface area contributed by atoms with Crippen molar-refractivity contribution in [2.24, 2.45) is 0 Å². The molecule has 2 aromatic heterocycles. The quantitative estimate of drug-likeness (QED) is 0.328. The summed E-state index contributed by atoms with van der Waals surface area (Å²) in [5.41, 5.74) is 7.14. The highest BCUT2D eigenvalue weighted by molar-refractivity contribution is 5.94. The Morgan fingerprint density at radius 1 is 0.947 bits per heavy atom. The van der Waals surface area contributed by atoms with Crippen molar-refractivity contribution in [2.45, 2.75) is 57.8 Å². The Kier molecular flexibility index (Phi) is 7.40. The van der Waals surface area contributed by atoms with Crippen molar-refractivity contribution in [1.82, 2.24) is 24.8 Å². The zero-order valence-electron chi connectivity index (χ0n) is 22.2. The summed E-state index contributed by atoms with van der Waals surface area (Å²) in [4.78, 5) is 12.2. The van der Waals surface area contributed by atoms with Gasteiger partial charge in [0.05, 0.1) is 6.10 Å². The molecular weight excluding hydrogens is 472 g/mol. The topological polar surface area (TPSA) is 78.2 Å². The van der Waals surface area contributed by atoms with Gasteiger partial charge in [-0.15, -0.1) is 0 Å². The fourth-order valence-corrected chi connectivity index (χ4v) is 5.76. The van der Waals surface area contributed by atoms with E-state index in [1.54, 1.807) is 0 Å². The van der Waals surface area contributed by atoms with Crippen LogP contribution in [0.3, 0.4) is 0 Å². The van der Waals surface area contributed by atoms with Crippen LogP contribution in [0.15, 0.2) is 60.9 Å². The molecule has 1 aliphatic heterocycles. The van der Waals surface area contributed by atoms with Gasteiger partial charge in [-0.25, -0.2) is 4.98 Å². The van der Waals surface area contributed by atoms with E-state index < -0.39 is 0 Å². The summed E-state index contributed by atoms with van der Waals surface area (Å²) in [6, 6.07) is 17.9. The van der Waals surface area contributed by atoms with E-state index in [-0.39, 0.29) is 6.10 Å². The number of aliphatic hydroxyl groups is 1. The normalized spacial score (nSPS) is 20.6. The fourth-order valence-electron chi connectivity index (χ4n) is 5.76. The van der Waals surface area contributed by atoms with E-state index in [0.717, 1.165) is 69.4 Å². The van der Waals surface area contributed by atoms with Crippen LogP contribution in [0, 0.1) is 6.92 Å². The lowest BCUT2D eigenvalue weighted by atomic mass is 9.93. The van der Waals surface area contributed by atoms with E-state index in [1.807, 2.05) is 6.20 Å². The second-order valence-corrected chi connectivity index (χ2v) is 10.9. The lowest BCUT2D eigenvalue weighted by molar-refractivity contribution is 0.111. The van der Waals surface area contributed by atoms with Crippen LogP contribution in [-0.2, 0) is 13.1 Å². The Balaban J connectivity index is 1.28. The second-order valence-electron chi connectivity index (χ2n) is 10.9. The van der Waals surface area contributed by atoms with Crippen LogP contribution >= 0.6 is 0 Å². The number of aromatic nitrogens is 3. The lowest BCUT2D eigenvalue weighted by Crippen LogP contribution is -2.42. The van der Waals surface area contributed by atoms with E-state index >= 15 is 0 Å². The number of hydrogen-bond acceptors (Lipinski definition) is 6. The molecule has 4 aromatic rings. The van der Waals surface area contributed by atoms with Gasteiger partial charge < -0.3 is 20.3 Å². The first-order valence-electron chi connectivity index (χ1n) is 14.0. The van der Waals surface area contributed by atoms with E-state index in [2.05, 4.69) is 81.8 Å². The van der Waals surface area contributed by atoms with Crippen LogP contribution in [0.4, 0.5) is 5.95 Å². The van der Waals surface area contributed by atoms with E-state index in [9.17, 15) is 5.11 Å². The van der Waals surface area contributed by atoms with Gasteiger partial charge in [-0.1, -0.05) is 54.1 Å². The molecule has 6 rings (SSSR count). The number of hydrogen-bond donors (Lipinski definition) is 3. The standard InChI is InChI=1S/C31H38N6O/c1-22-2-4-23(5-3-22)18-33-31-34-19-28-29(21-37(30(28)35-31)26-10-12-27(38)13-11-26)25-8-6-24(7-9-25)20-36-16-14-32-15-17-36/h2-9,19,21,26-27,32,38H,10-18,20H2,1H3,(H,33,34,35)/t26-,27-. The first-order valence-corrected chi connectivity index (χ1v) is 14.0. The highest BCUT2D eigenvalue weighted by Gasteiger charge is 2.24. The van der Waals surface area contributed by atoms with Gasteiger partial charge in [0.15, 0.2) is 0 Å². The van der Waals surface area contributed by atoms with Gasteiger partial charge in [-0.2, -0.15) is 4.98 Å². The Hall–Kier alpha value is -3.26. The van der Waals surface area contributed by atoms with E-state index in [4.69, 9.17) is 9.97 Å². The van der Waals surface area contributed by atoms with Crippen LogP contribution in [0.1, 0.15) is 48.4 Å². The van der Waals surface area contributed by atoms with Crippen molar-refractivity contribution < 1.29 is 5.11 Å². The number of rotatable bonds is 7. The average Bonchev–Trinajstić information content (AvgIpc) is 3.33. The number of aryl methyl sites for hydroxylation is 1. The predicted octanol–water partition coefficient (Wildman–Crippen LogP) is 4.90. The summed E-state index contributed by atoms with van der Waals surface area (Å²) in [5.74, 6) is 0.645. The Morgan fingerprint density at radius 3 is 2.39 bits per heavy atom. The zero-order chi connectivity index (χ0) is 25.9. The summed E-state index contributed by atoms with van der Waals surface area (Å²) >= 11 is 0. The highest BCUT2D eigenvalue weighted by Crippen LogP contribution is 2.36. The number of nitrogens with one attached hydrogen (secondary N) is 2. The summed E-state index contributed by atoms with van der Waals surface area (Å²) in [7, 11) is 0. The van der Waals surface area contributed by atoms with Gasteiger partial charge in [-0.3, -0.25) is 4.90 Å². The van der Waals surface area contributed by atoms with Crippen LogP contribution < -0.4 is 10.6 Å². The third kappa shape index (κ3) is 5.60. The van der Waals surface area contributed by atoms with Gasteiger partial charge in [0.25, 0.3) is 0 Å². The third-order valence-corrected chi connectivity index (χ3v) is 8.08. The monoisotopic (exact) mass is 510 g/mol. The number of benzene rings is 2. The maximum absolute atomic E-state index is 10.1. The van der Waals surface area contributed by atoms with Crippen molar-refractivity contribution in [3.05, 3.63) is 77.6 Å². The predicted molar refractivity (Wildman–Crippen MR) is 153 cm³/mol. The van der Waals surface area contributed by atoms with Crippen molar-refractivity contribution in [2.75, 3.05) is 31.5 Å². The van der Waals surface area contributed by atoms with Crippen LogP contribution in [0.25, 0.3) is 22.2 Å². The molecule has 3 heterocycles. The van der Waals surface area contributed by atoms with Gasteiger partial charge >= 0.3 is 0 Å². The molecule has 2 fully saturated rings. The number of piperazine rings is 1. The fraction of sp³-hybridized carbons (Fsp3) is 0.419. The molecule has 1 saturated heterocycles. The average molecular weight is 511 g/mol. The molecule has 3 N–H and O–H groups in total. The SMILES string of the molecule is Cc1ccc(CNc2ncc3c(-c4ccc(CN5CCNCC5)cc4)cn([C@H]4CC[C@H](O)CC4)c3n2)cc1. The molecule has 1 aliphatic carbocycles. The Morgan fingerprint density at radius 2 is 1.66 bits per heavy atom. The largest absolute Gasteiger partial charge is 0.393 e. The van der Waals surface area contributed by atoms with E-state index in [1.165, 1.54) is 27.8 Å². The van der Waals surface area contributed by atoms with Crippen molar-refractivity contribution >= 4 is 17.0 Å². The van der Waals surface area contributed by atoms with Crippen molar-refractivity contribution in [3.8, 4) is 11.1 Å². The van der Waals surface area contributed by atoms with Gasteiger partial charge in [0.2, 0.25) is 5.95 Å². The smallest absolute Gasteiger partial charge is 0.224 e. The molecule has 2 aromatic carbocycles. The minimum atomic E-state index is -0.183. The molecule has 0 atom stereocenters. The first-order chi connectivity index (χ1) is 18.6. The highest BCUT2D eigenvalue weighted by atomic mass is 16.3. The van der Waals surface area contributed by atoms with Gasteiger partial charge in [0.1, 0.15) is 5.65 Å². The van der Waals surface area contributed by atoms with Gasteiger partial charge in [-0.05, 0) is 49.3 Å². The molecule has 198 valence electrons. The number of nitrogens with zero attached hydrogens (tertiary/aromatic N) is 4. The molecular formula is C31H38N6O. The molecule has 0 bridgehead atoms. The Bertz CT molecular complexity index is 1350. The Labute approximate surface area is 224 Å². The number of fused-ring (bicyclic) bond motifs is 1. The molecule has 0 spiro atoms. The lowest BCUT2D eigenvalue weighted by Gasteiger charge is -2.27. The molecule has 1 saturated carbocycles. The first kappa shape index (κ1) is 25.0. The molecule has 7 heteroatoms. The zero-order valence-corrected chi connectivity index (χ0v) is 22.2. The van der Waals surface area contributed by atoms with Crippen molar-refractivity contribution in [3.63, 3.8) is 0 Å². The maximum Gasteiger partial charge on any atom is 0.224 e. The second kappa shape index (κ2) is 11.2. The van der Waals surface area contributed by atoms with Gasteiger partial charge in [0, 0.05) is 68.7 Å². The molecule has 7 nitrogen and oxygen atoms in total. The van der Waals surface area contributed by atoms with Crippen molar-refractivity contribution in [1.29, 1.82) is 0 Å². The third-order valence-electron chi connectivity index (χ3n) is 8.08. The van der Waals surface area contributed by atoms with Crippen LogP contribution in [0.5, 0.6) is 0 Å². The number of anilines is 1. The van der Waals surface area contributed by atoms with Crippen LogP contribution in [0.2, 0.25) is 0 Å². The minimum absolute atomic E-state index is 0.183.